The van der Waals surface area contributed by atoms with Gasteiger partial charge in [-0.2, -0.15) is 0 Å². The lowest BCUT2D eigenvalue weighted by atomic mass is 10.2. The van der Waals surface area contributed by atoms with E-state index in [1.165, 1.54) is 0 Å². The molecular weight excluding hydrogens is 148 g/mol. The average molecular weight is 160 g/mol. The summed E-state index contributed by atoms with van der Waals surface area (Å²) < 4.78 is 4.64. The van der Waals surface area contributed by atoms with Gasteiger partial charge in [0.05, 0.1) is 0 Å². The molecule has 0 saturated carbocycles. The van der Waals surface area contributed by atoms with Gasteiger partial charge in [-0.3, -0.25) is 4.79 Å². The first-order valence-electron chi connectivity index (χ1n) is 3.33. The van der Waals surface area contributed by atoms with Crippen molar-refractivity contribution in [2.45, 2.75) is 32.5 Å². The maximum atomic E-state index is 10.7. The maximum absolute atomic E-state index is 10.7. The number of ether oxygens (including phenoxy) is 1. The van der Waals surface area contributed by atoms with Gasteiger partial charge in [-0.25, -0.2) is 0 Å². The minimum Gasteiger partial charge on any atom is -0.855 e. The van der Waals surface area contributed by atoms with Crippen molar-refractivity contribution in [3.8, 4) is 0 Å². The highest BCUT2D eigenvalue weighted by Gasteiger charge is 2.15. The molecule has 0 aromatic heterocycles. The van der Waals surface area contributed by atoms with E-state index in [-0.39, 0.29) is 0 Å². The molecule has 11 heavy (non-hydrogen) atoms. The Morgan fingerprint density at radius 1 is 1.55 bits per heavy atom. The molecule has 0 heterocycles. The van der Waals surface area contributed by atoms with E-state index in [2.05, 4.69) is 4.74 Å². The van der Waals surface area contributed by atoms with Crippen LogP contribution in [-0.2, 0) is 9.53 Å². The quantitative estimate of drug-likeness (QED) is 0.457. The van der Waals surface area contributed by atoms with Crippen molar-refractivity contribution < 1.29 is 19.7 Å². The topological polar surface area (TPSA) is 72.4 Å². The molecule has 0 aliphatic rings. The summed E-state index contributed by atoms with van der Waals surface area (Å²) in [5, 5.41) is 20.4. The van der Waals surface area contributed by atoms with E-state index in [0.29, 0.717) is 0 Å². The first kappa shape index (κ1) is 10.4. The Bertz CT molecular complexity index is 136. The minimum absolute atomic E-state index is 0.686. The van der Waals surface area contributed by atoms with Crippen molar-refractivity contribution in [2.75, 3.05) is 6.61 Å². The highest BCUT2D eigenvalue weighted by molar-refractivity contribution is 5.74. The molecule has 0 N–H and O–H groups in total. The summed E-state index contributed by atoms with van der Waals surface area (Å²) in [4.78, 5) is 10.7. The number of hydrogen-bond donors (Lipinski definition) is 0. The second kappa shape index (κ2) is 3.69. The third-order valence-corrected chi connectivity index (χ3v) is 0.821. The van der Waals surface area contributed by atoms with Crippen LogP contribution in [0, 0.1) is 0 Å². The molecule has 0 amide bonds. The molecule has 4 heteroatoms. The fraction of sp³-hybridized carbons (Fsp3) is 0.857. The molecule has 4 nitrogen and oxygen atoms in total. The SMILES string of the molecule is CC(C)(C)OC(=O)C([O-])C[O-]. The van der Waals surface area contributed by atoms with Gasteiger partial charge in [0.25, 0.3) is 5.97 Å². The molecule has 0 aliphatic heterocycles. The summed E-state index contributed by atoms with van der Waals surface area (Å²) in [7, 11) is 0. The van der Waals surface area contributed by atoms with Gasteiger partial charge < -0.3 is 14.9 Å². The minimum atomic E-state index is -1.78. The predicted octanol–water partition coefficient (Wildman–Crippen LogP) is -1.58. The summed E-state index contributed by atoms with van der Waals surface area (Å²) in [6, 6.07) is 0. The first-order chi connectivity index (χ1) is 4.87. The van der Waals surface area contributed by atoms with Gasteiger partial charge in [0.2, 0.25) is 0 Å². The largest absolute Gasteiger partial charge is 0.855 e. The smallest absolute Gasteiger partial charge is 0.291 e. The predicted molar refractivity (Wildman–Crippen MR) is 34.5 cm³/mol. The van der Waals surface area contributed by atoms with E-state index in [0.717, 1.165) is 0 Å². The van der Waals surface area contributed by atoms with Crippen molar-refractivity contribution in [2.24, 2.45) is 0 Å². The van der Waals surface area contributed by atoms with Crippen LogP contribution in [0.25, 0.3) is 0 Å². The molecule has 1 unspecified atom stereocenters. The molecule has 0 radical (unpaired) electrons. The van der Waals surface area contributed by atoms with Crippen molar-refractivity contribution in [1.29, 1.82) is 0 Å². The summed E-state index contributed by atoms with van der Waals surface area (Å²) in [5.41, 5.74) is -0.686. The van der Waals surface area contributed by atoms with Crippen LogP contribution in [0.2, 0.25) is 0 Å². The summed E-state index contributed by atoms with van der Waals surface area (Å²) in [5.74, 6) is -0.965. The highest BCUT2D eigenvalue weighted by Crippen LogP contribution is 2.07. The van der Waals surface area contributed by atoms with Crippen LogP contribution in [0.15, 0.2) is 0 Å². The zero-order valence-electron chi connectivity index (χ0n) is 6.92. The van der Waals surface area contributed by atoms with Crippen LogP contribution >= 0.6 is 0 Å². The molecule has 0 bridgehead atoms. The first-order valence-corrected chi connectivity index (χ1v) is 3.33. The Balaban J connectivity index is 3.88. The Morgan fingerprint density at radius 3 is 2.27 bits per heavy atom. The highest BCUT2D eigenvalue weighted by atomic mass is 16.6. The maximum Gasteiger partial charge on any atom is 0.291 e. The zero-order chi connectivity index (χ0) is 9.07. The molecular formula is C7H12O4-2. The summed E-state index contributed by atoms with van der Waals surface area (Å²) >= 11 is 0. The lowest BCUT2D eigenvalue weighted by Gasteiger charge is -2.28. The Hall–Kier alpha value is -0.610. The Kier molecular flexibility index (Phi) is 3.48. The van der Waals surface area contributed by atoms with Gasteiger partial charge in [0.15, 0.2) is 0 Å². The van der Waals surface area contributed by atoms with Crippen molar-refractivity contribution in [1.82, 2.24) is 0 Å². The molecule has 0 aromatic rings. The van der Waals surface area contributed by atoms with Crippen molar-refractivity contribution >= 4 is 5.97 Å². The fourth-order valence-electron chi connectivity index (χ4n) is 0.436. The molecule has 0 aromatic carbocycles. The van der Waals surface area contributed by atoms with Crippen molar-refractivity contribution in [3.63, 3.8) is 0 Å². The lowest BCUT2D eigenvalue weighted by molar-refractivity contribution is -0.482. The molecule has 0 spiro atoms. The molecule has 0 aliphatic carbocycles. The van der Waals surface area contributed by atoms with Gasteiger partial charge in [-0.15, -0.1) is 6.61 Å². The van der Waals surface area contributed by atoms with Gasteiger partial charge in [0.1, 0.15) is 5.60 Å². The number of hydrogen-bond acceptors (Lipinski definition) is 4. The second-order valence-corrected chi connectivity index (χ2v) is 3.19. The van der Waals surface area contributed by atoms with E-state index in [1.807, 2.05) is 0 Å². The number of carbonyl (C=O) groups is 1. The van der Waals surface area contributed by atoms with Gasteiger partial charge >= 0.3 is 0 Å². The Morgan fingerprint density at radius 2 is 2.00 bits per heavy atom. The number of rotatable bonds is 2. The van der Waals surface area contributed by atoms with Crippen LogP contribution < -0.4 is 10.2 Å². The van der Waals surface area contributed by atoms with E-state index in [1.54, 1.807) is 20.8 Å². The standard InChI is InChI=1S/C7H12O4/c1-7(2,3)11-6(10)5(9)4-8/h5H,4H2,1-3H3/q-2. The molecule has 1 atom stereocenters. The van der Waals surface area contributed by atoms with Crippen LogP contribution in [0.4, 0.5) is 0 Å². The van der Waals surface area contributed by atoms with Crippen LogP contribution in [0.1, 0.15) is 20.8 Å². The third-order valence-electron chi connectivity index (χ3n) is 0.821. The summed E-state index contributed by atoms with van der Waals surface area (Å²) in [6.45, 7) is 3.96. The fourth-order valence-corrected chi connectivity index (χ4v) is 0.436. The molecule has 0 rings (SSSR count). The Labute approximate surface area is 65.8 Å². The molecule has 66 valence electrons. The van der Waals surface area contributed by atoms with Gasteiger partial charge in [0, 0.05) is 0 Å². The average Bonchev–Trinajstić information content (AvgIpc) is 1.82. The zero-order valence-corrected chi connectivity index (χ0v) is 6.92. The molecule has 0 fully saturated rings. The monoisotopic (exact) mass is 160 g/mol. The summed E-state index contributed by atoms with van der Waals surface area (Å²) in [6.07, 6.45) is -1.78. The number of carbonyl (C=O) groups excluding carboxylic acids is 1. The van der Waals surface area contributed by atoms with Crippen molar-refractivity contribution in [3.05, 3.63) is 0 Å². The van der Waals surface area contributed by atoms with E-state index < -0.39 is 24.3 Å². The van der Waals surface area contributed by atoms with Crippen LogP contribution in [0.5, 0.6) is 0 Å². The van der Waals surface area contributed by atoms with E-state index >= 15 is 0 Å². The lowest BCUT2D eigenvalue weighted by Crippen LogP contribution is -2.46. The normalized spacial score (nSPS) is 14.3. The second-order valence-electron chi connectivity index (χ2n) is 3.19. The third kappa shape index (κ3) is 4.75. The van der Waals surface area contributed by atoms with Crippen LogP contribution in [0.3, 0.4) is 0 Å². The van der Waals surface area contributed by atoms with Gasteiger partial charge in [-0.05, 0) is 26.9 Å². The molecule has 0 saturated heterocycles. The van der Waals surface area contributed by atoms with E-state index in [9.17, 15) is 15.0 Å². The van der Waals surface area contributed by atoms with Gasteiger partial charge in [-0.1, -0.05) is 0 Å². The number of esters is 1. The van der Waals surface area contributed by atoms with E-state index in [4.69, 9.17) is 0 Å². The van der Waals surface area contributed by atoms with Crippen LogP contribution in [-0.4, -0.2) is 24.3 Å².